The third-order valence-electron chi connectivity index (χ3n) is 3.19. The average molecular weight is 261 g/mol. The number of rotatable bonds is 7. The number of benzene rings is 1. The second kappa shape index (κ2) is 6.62. The van der Waals surface area contributed by atoms with Crippen molar-refractivity contribution in [2.24, 2.45) is 0 Å². The lowest BCUT2D eigenvalue weighted by Crippen LogP contribution is -2.05. The molecule has 1 aromatic heterocycles. The molecule has 2 rings (SSSR count). The molecule has 0 radical (unpaired) electrons. The second-order valence-corrected chi connectivity index (χ2v) is 5.15. The lowest BCUT2D eigenvalue weighted by molar-refractivity contribution is 0.245. The first-order chi connectivity index (χ1) is 9.22. The van der Waals surface area contributed by atoms with E-state index in [1.807, 2.05) is 26.0 Å². The summed E-state index contributed by atoms with van der Waals surface area (Å²) in [4.78, 5) is 0. The molecule has 1 heterocycles. The molecule has 0 aliphatic heterocycles. The van der Waals surface area contributed by atoms with Crippen LogP contribution in [0.15, 0.2) is 30.5 Å². The Balaban J connectivity index is 2.14. The Hall–Kier alpha value is -1.48. The van der Waals surface area contributed by atoms with E-state index < -0.39 is 0 Å². The summed E-state index contributed by atoms with van der Waals surface area (Å²) in [6, 6.07) is 8.33. The zero-order valence-electron chi connectivity index (χ0n) is 11.8. The quantitative estimate of drug-likeness (QED) is 0.773. The smallest absolute Gasteiger partial charge is 0.129 e. The van der Waals surface area contributed by atoms with Gasteiger partial charge in [-0.3, -0.25) is 0 Å². The maximum absolute atomic E-state index is 8.79. The molecule has 0 unspecified atom stereocenters. The average Bonchev–Trinajstić information content (AvgIpc) is 2.79. The Morgan fingerprint density at radius 1 is 1.16 bits per heavy atom. The molecule has 2 aromatic rings. The number of hydrogen-bond acceptors (Lipinski definition) is 2. The molecule has 104 valence electrons. The summed E-state index contributed by atoms with van der Waals surface area (Å²) < 4.78 is 8.10. The first-order valence-electron chi connectivity index (χ1n) is 7.07. The van der Waals surface area contributed by atoms with E-state index in [9.17, 15) is 0 Å². The van der Waals surface area contributed by atoms with Crippen LogP contribution in [0.1, 0.15) is 33.1 Å². The molecular formula is C16H23NO2. The molecule has 0 aliphatic carbocycles. The highest BCUT2D eigenvalue weighted by Crippen LogP contribution is 2.27. The number of aliphatic hydroxyl groups excluding tert-OH is 1. The van der Waals surface area contributed by atoms with Gasteiger partial charge in [-0.05, 0) is 51.3 Å². The molecule has 0 bridgehead atoms. The van der Waals surface area contributed by atoms with Crippen molar-refractivity contribution in [1.82, 2.24) is 4.57 Å². The Bertz CT molecular complexity index is 516. The van der Waals surface area contributed by atoms with Crippen molar-refractivity contribution in [2.75, 3.05) is 6.61 Å². The van der Waals surface area contributed by atoms with E-state index in [1.165, 1.54) is 10.9 Å². The van der Waals surface area contributed by atoms with E-state index in [0.29, 0.717) is 6.61 Å². The van der Waals surface area contributed by atoms with Crippen molar-refractivity contribution < 1.29 is 9.84 Å². The van der Waals surface area contributed by atoms with Crippen LogP contribution >= 0.6 is 0 Å². The van der Waals surface area contributed by atoms with Crippen LogP contribution in [0.3, 0.4) is 0 Å². The normalized spacial score (nSPS) is 11.4. The summed E-state index contributed by atoms with van der Waals surface area (Å²) in [5, 5.41) is 9.97. The Morgan fingerprint density at radius 2 is 2.00 bits per heavy atom. The van der Waals surface area contributed by atoms with E-state index >= 15 is 0 Å². The van der Waals surface area contributed by atoms with E-state index in [4.69, 9.17) is 9.84 Å². The predicted molar refractivity (Wildman–Crippen MR) is 78.6 cm³/mol. The van der Waals surface area contributed by atoms with Gasteiger partial charge in [0.05, 0.1) is 11.6 Å². The highest BCUT2D eigenvalue weighted by Gasteiger charge is 2.07. The van der Waals surface area contributed by atoms with E-state index in [0.717, 1.165) is 31.6 Å². The van der Waals surface area contributed by atoms with E-state index in [2.05, 4.69) is 22.9 Å². The van der Waals surface area contributed by atoms with Crippen molar-refractivity contribution in [1.29, 1.82) is 0 Å². The number of aliphatic hydroxyl groups is 1. The van der Waals surface area contributed by atoms with Gasteiger partial charge in [0.1, 0.15) is 5.75 Å². The van der Waals surface area contributed by atoms with Gasteiger partial charge in [0.2, 0.25) is 0 Å². The molecule has 0 spiro atoms. The van der Waals surface area contributed by atoms with Gasteiger partial charge in [0, 0.05) is 24.7 Å². The van der Waals surface area contributed by atoms with Crippen molar-refractivity contribution in [2.45, 2.75) is 45.8 Å². The Morgan fingerprint density at radius 3 is 2.74 bits per heavy atom. The molecule has 3 nitrogen and oxygen atoms in total. The largest absolute Gasteiger partial charge is 0.490 e. The zero-order valence-corrected chi connectivity index (χ0v) is 11.8. The van der Waals surface area contributed by atoms with E-state index in [-0.39, 0.29) is 6.10 Å². The third-order valence-corrected chi connectivity index (χ3v) is 3.19. The highest BCUT2D eigenvalue weighted by atomic mass is 16.5. The molecule has 0 saturated heterocycles. The van der Waals surface area contributed by atoms with Crippen LogP contribution in [-0.4, -0.2) is 22.4 Å². The van der Waals surface area contributed by atoms with Gasteiger partial charge in [0.25, 0.3) is 0 Å². The molecule has 0 amide bonds. The number of aryl methyl sites for hydroxylation is 1. The fraction of sp³-hybridized carbons (Fsp3) is 0.500. The number of ether oxygens (including phenoxy) is 1. The van der Waals surface area contributed by atoms with Crippen molar-refractivity contribution in [3.8, 4) is 5.75 Å². The monoisotopic (exact) mass is 261 g/mol. The van der Waals surface area contributed by atoms with Crippen LogP contribution in [-0.2, 0) is 6.54 Å². The summed E-state index contributed by atoms with van der Waals surface area (Å²) in [7, 11) is 0. The minimum absolute atomic E-state index is 0.193. The molecule has 19 heavy (non-hydrogen) atoms. The zero-order chi connectivity index (χ0) is 13.7. The lowest BCUT2D eigenvalue weighted by Gasteiger charge is -2.11. The molecule has 0 atom stereocenters. The first-order valence-corrected chi connectivity index (χ1v) is 7.07. The standard InChI is InChI=1S/C16H23NO2/c1-13(2)19-16-8-6-7-15-14(16)9-11-17(15)10-4-3-5-12-18/h6-9,11,13,18H,3-5,10,12H2,1-2H3. The summed E-state index contributed by atoms with van der Waals surface area (Å²) in [6.45, 7) is 5.38. The maximum atomic E-state index is 8.79. The topological polar surface area (TPSA) is 34.4 Å². The summed E-state index contributed by atoms with van der Waals surface area (Å²) in [5.41, 5.74) is 1.22. The second-order valence-electron chi connectivity index (χ2n) is 5.15. The fourth-order valence-corrected chi connectivity index (χ4v) is 2.32. The molecule has 1 aromatic carbocycles. The molecule has 3 heteroatoms. The Kier molecular flexibility index (Phi) is 4.86. The van der Waals surface area contributed by atoms with Crippen molar-refractivity contribution in [3.05, 3.63) is 30.5 Å². The van der Waals surface area contributed by atoms with Gasteiger partial charge in [0.15, 0.2) is 0 Å². The SMILES string of the molecule is CC(C)Oc1cccc2c1ccn2CCCCCO. The van der Waals surface area contributed by atoms with Gasteiger partial charge in [-0.2, -0.15) is 0 Å². The van der Waals surface area contributed by atoms with Crippen molar-refractivity contribution in [3.63, 3.8) is 0 Å². The van der Waals surface area contributed by atoms with E-state index in [1.54, 1.807) is 0 Å². The van der Waals surface area contributed by atoms with Crippen LogP contribution in [0.25, 0.3) is 10.9 Å². The van der Waals surface area contributed by atoms with Crippen LogP contribution in [0.5, 0.6) is 5.75 Å². The molecule has 0 saturated carbocycles. The first kappa shape index (κ1) is 13.9. The molecule has 0 aliphatic rings. The lowest BCUT2D eigenvalue weighted by atomic mass is 10.2. The number of hydrogen-bond donors (Lipinski definition) is 1. The molecular weight excluding hydrogens is 238 g/mol. The van der Waals surface area contributed by atoms with Gasteiger partial charge in [-0.1, -0.05) is 6.07 Å². The van der Waals surface area contributed by atoms with Gasteiger partial charge in [-0.15, -0.1) is 0 Å². The number of fused-ring (bicyclic) bond motifs is 1. The van der Waals surface area contributed by atoms with Crippen molar-refractivity contribution >= 4 is 10.9 Å². The molecule has 1 N–H and O–H groups in total. The minimum atomic E-state index is 0.193. The number of nitrogens with zero attached hydrogens (tertiary/aromatic N) is 1. The Labute approximate surface area is 114 Å². The van der Waals surface area contributed by atoms with Gasteiger partial charge in [-0.25, -0.2) is 0 Å². The van der Waals surface area contributed by atoms with Crippen LogP contribution < -0.4 is 4.74 Å². The van der Waals surface area contributed by atoms with Crippen LogP contribution in [0, 0.1) is 0 Å². The molecule has 0 fully saturated rings. The highest BCUT2D eigenvalue weighted by molar-refractivity contribution is 5.86. The third kappa shape index (κ3) is 3.51. The number of aromatic nitrogens is 1. The number of unbranched alkanes of at least 4 members (excludes halogenated alkanes) is 2. The minimum Gasteiger partial charge on any atom is -0.490 e. The van der Waals surface area contributed by atoms with Gasteiger partial charge < -0.3 is 14.4 Å². The van der Waals surface area contributed by atoms with Gasteiger partial charge >= 0.3 is 0 Å². The predicted octanol–water partition coefficient (Wildman–Crippen LogP) is 3.59. The maximum Gasteiger partial charge on any atom is 0.129 e. The fourth-order valence-electron chi connectivity index (χ4n) is 2.32. The van der Waals surface area contributed by atoms with Crippen LogP contribution in [0.4, 0.5) is 0 Å². The summed E-state index contributed by atoms with van der Waals surface area (Å²) in [5.74, 6) is 0.960. The van der Waals surface area contributed by atoms with Crippen LogP contribution in [0.2, 0.25) is 0 Å². The summed E-state index contributed by atoms with van der Waals surface area (Å²) >= 11 is 0. The summed E-state index contributed by atoms with van der Waals surface area (Å²) in [6.07, 6.45) is 5.37.